The third-order valence-electron chi connectivity index (χ3n) is 3.49. The van der Waals surface area contributed by atoms with E-state index in [4.69, 9.17) is 9.84 Å². The van der Waals surface area contributed by atoms with Gasteiger partial charge in [-0.25, -0.2) is 4.79 Å². The Bertz CT molecular complexity index is 575. The zero-order valence-corrected chi connectivity index (χ0v) is 14.4. The van der Waals surface area contributed by atoms with Crippen molar-refractivity contribution in [2.75, 3.05) is 26.3 Å². The predicted octanol–water partition coefficient (Wildman–Crippen LogP) is 2.73. The van der Waals surface area contributed by atoms with Crippen LogP contribution in [0.15, 0.2) is 47.8 Å². The van der Waals surface area contributed by atoms with Gasteiger partial charge in [-0.1, -0.05) is 36.4 Å². The molecule has 0 aliphatic rings. The van der Waals surface area contributed by atoms with E-state index >= 15 is 0 Å². The summed E-state index contributed by atoms with van der Waals surface area (Å²) in [4.78, 5) is 12.9. The van der Waals surface area contributed by atoms with Gasteiger partial charge in [-0.3, -0.25) is 0 Å². The number of thiophene rings is 1. The van der Waals surface area contributed by atoms with E-state index in [2.05, 4.69) is 22.8 Å². The molecular formula is C18H24N2O3S. The standard InChI is InChI=1S/C18H24N2O3S/c21-11-12-23-16(17-9-5-13-24-17)14-20-18(22)19-10-4-8-15-6-2-1-3-7-15/h1-3,5-7,9,13,16,21H,4,8,10-12,14H2,(H2,19,20,22)/t16-/m1/s1. The van der Waals surface area contributed by atoms with Crippen molar-refractivity contribution in [3.8, 4) is 0 Å². The highest BCUT2D eigenvalue weighted by Gasteiger charge is 2.14. The van der Waals surface area contributed by atoms with Crippen molar-refractivity contribution >= 4 is 17.4 Å². The molecular weight excluding hydrogens is 324 g/mol. The number of nitrogens with one attached hydrogen (secondary N) is 2. The van der Waals surface area contributed by atoms with E-state index < -0.39 is 0 Å². The van der Waals surface area contributed by atoms with Crippen LogP contribution in [0, 0.1) is 0 Å². The van der Waals surface area contributed by atoms with Gasteiger partial charge in [-0.05, 0) is 29.9 Å². The highest BCUT2D eigenvalue weighted by Crippen LogP contribution is 2.21. The lowest BCUT2D eigenvalue weighted by Crippen LogP contribution is -2.38. The molecule has 24 heavy (non-hydrogen) atoms. The van der Waals surface area contributed by atoms with E-state index in [1.807, 2.05) is 35.7 Å². The van der Waals surface area contributed by atoms with Crippen LogP contribution in [0.1, 0.15) is 23.0 Å². The third-order valence-corrected chi connectivity index (χ3v) is 4.45. The summed E-state index contributed by atoms with van der Waals surface area (Å²) in [7, 11) is 0. The second kappa shape index (κ2) is 10.8. The maximum Gasteiger partial charge on any atom is 0.314 e. The SMILES string of the molecule is O=C(NCCCc1ccccc1)NC[C@@H](OCCO)c1cccs1. The van der Waals surface area contributed by atoms with Crippen molar-refractivity contribution in [3.63, 3.8) is 0 Å². The molecule has 1 aromatic carbocycles. The van der Waals surface area contributed by atoms with Crippen LogP contribution in [0.4, 0.5) is 4.79 Å². The molecule has 0 fully saturated rings. The first kappa shape index (κ1) is 18.4. The second-order valence-electron chi connectivity index (χ2n) is 5.32. The molecule has 2 aromatic rings. The number of amides is 2. The van der Waals surface area contributed by atoms with Gasteiger partial charge in [0.15, 0.2) is 0 Å². The van der Waals surface area contributed by atoms with Crippen LogP contribution in [0.25, 0.3) is 0 Å². The fraction of sp³-hybridized carbons (Fsp3) is 0.389. The highest BCUT2D eigenvalue weighted by atomic mass is 32.1. The summed E-state index contributed by atoms with van der Waals surface area (Å²) >= 11 is 1.57. The quantitative estimate of drug-likeness (QED) is 0.578. The monoisotopic (exact) mass is 348 g/mol. The molecule has 0 unspecified atom stereocenters. The van der Waals surface area contributed by atoms with Crippen LogP contribution in [-0.4, -0.2) is 37.4 Å². The van der Waals surface area contributed by atoms with Gasteiger partial charge < -0.3 is 20.5 Å². The normalized spacial score (nSPS) is 11.9. The molecule has 130 valence electrons. The lowest BCUT2D eigenvalue weighted by Gasteiger charge is -2.17. The number of aryl methyl sites for hydroxylation is 1. The molecule has 0 spiro atoms. The molecule has 0 aliphatic heterocycles. The number of aliphatic hydroxyl groups excluding tert-OH is 1. The fourth-order valence-corrected chi connectivity index (χ4v) is 3.07. The number of hydrogen-bond donors (Lipinski definition) is 3. The van der Waals surface area contributed by atoms with Gasteiger partial charge in [-0.15, -0.1) is 11.3 Å². The lowest BCUT2D eigenvalue weighted by molar-refractivity contribution is 0.0314. The van der Waals surface area contributed by atoms with Gasteiger partial charge in [0.1, 0.15) is 6.10 Å². The van der Waals surface area contributed by atoms with Crippen molar-refractivity contribution in [2.45, 2.75) is 18.9 Å². The zero-order chi connectivity index (χ0) is 17.0. The molecule has 6 heteroatoms. The molecule has 2 rings (SSSR count). The molecule has 2 amide bonds. The number of carbonyl (C=O) groups is 1. The molecule has 0 saturated heterocycles. The Morgan fingerprint density at radius 3 is 2.71 bits per heavy atom. The van der Waals surface area contributed by atoms with Crippen LogP contribution in [0.3, 0.4) is 0 Å². The van der Waals surface area contributed by atoms with Crippen molar-refractivity contribution in [1.82, 2.24) is 10.6 Å². The van der Waals surface area contributed by atoms with Gasteiger partial charge in [0, 0.05) is 11.4 Å². The molecule has 0 radical (unpaired) electrons. The van der Waals surface area contributed by atoms with E-state index in [1.54, 1.807) is 11.3 Å². The summed E-state index contributed by atoms with van der Waals surface area (Å²) in [5.41, 5.74) is 1.27. The molecule has 1 heterocycles. The van der Waals surface area contributed by atoms with Gasteiger partial charge in [0.2, 0.25) is 0 Å². The smallest absolute Gasteiger partial charge is 0.314 e. The first-order valence-electron chi connectivity index (χ1n) is 8.11. The summed E-state index contributed by atoms with van der Waals surface area (Å²) < 4.78 is 5.59. The number of aliphatic hydroxyl groups is 1. The molecule has 1 atom stereocenters. The summed E-state index contributed by atoms with van der Waals surface area (Å²) in [6.07, 6.45) is 1.61. The van der Waals surface area contributed by atoms with E-state index in [9.17, 15) is 4.79 Å². The molecule has 3 N–H and O–H groups in total. The molecule has 1 aromatic heterocycles. The number of benzene rings is 1. The van der Waals surface area contributed by atoms with E-state index in [1.165, 1.54) is 5.56 Å². The summed E-state index contributed by atoms with van der Waals surface area (Å²) in [6.45, 7) is 1.23. The number of ether oxygens (including phenoxy) is 1. The minimum atomic E-state index is -0.229. The van der Waals surface area contributed by atoms with E-state index in [-0.39, 0.29) is 25.3 Å². The van der Waals surface area contributed by atoms with Crippen molar-refractivity contribution < 1.29 is 14.6 Å². The molecule has 0 bridgehead atoms. The second-order valence-corrected chi connectivity index (χ2v) is 6.30. The third kappa shape index (κ3) is 6.70. The number of carbonyl (C=O) groups excluding carboxylic acids is 1. The summed E-state index contributed by atoms with van der Waals surface area (Å²) in [5.74, 6) is 0. The topological polar surface area (TPSA) is 70.6 Å². The molecule has 5 nitrogen and oxygen atoms in total. The van der Waals surface area contributed by atoms with E-state index in [0.29, 0.717) is 13.1 Å². The Labute approximate surface area is 146 Å². The Morgan fingerprint density at radius 1 is 1.17 bits per heavy atom. The summed E-state index contributed by atoms with van der Waals surface area (Å²) in [5, 5.41) is 16.6. The predicted molar refractivity (Wildman–Crippen MR) is 96.3 cm³/mol. The van der Waals surface area contributed by atoms with Crippen LogP contribution < -0.4 is 10.6 Å². The number of hydrogen-bond acceptors (Lipinski definition) is 4. The minimum Gasteiger partial charge on any atom is -0.394 e. The number of urea groups is 1. The van der Waals surface area contributed by atoms with Gasteiger partial charge in [0.25, 0.3) is 0 Å². The van der Waals surface area contributed by atoms with E-state index in [0.717, 1.165) is 17.7 Å². The van der Waals surface area contributed by atoms with Gasteiger partial charge >= 0.3 is 6.03 Å². The number of rotatable bonds is 10. The first-order valence-corrected chi connectivity index (χ1v) is 8.99. The average molecular weight is 348 g/mol. The maximum absolute atomic E-state index is 11.9. The molecule has 0 saturated carbocycles. The molecule has 0 aliphatic carbocycles. The van der Waals surface area contributed by atoms with Gasteiger partial charge in [0.05, 0.1) is 19.8 Å². The average Bonchev–Trinajstić information content (AvgIpc) is 3.14. The largest absolute Gasteiger partial charge is 0.394 e. The minimum absolute atomic E-state index is 0.0342. The van der Waals surface area contributed by atoms with Crippen LogP contribution in [0.2, 0.25) is 0 Å². The highest BCUT2D eigenvalue weighted by molar-refractivity contribution is 7.10. The van der Waals surface area contributed by atoms with Gasteiger partial charge in [-0.2, -0.15) is 0 Å². The fourth-order valence-electron chi connectivity index (χ4n) is 2.30. The Kier molecular flexibility index (Phi) is 8.31. The van der Waals surface area contributed by atoms with Crippen LogP contribution in [0.5, 0.6) is 0 Å². The van der Waals surface area contributed by atoms with Crippen LogP contribution in [-0.2, 0) is 11.2 Å². The zero-order valence-electron chi connectivity index (χ0n) is 13.6. The Balaban J connectivity index is 1.65. The van der Waals surface area contributed by atoms with Crippen molar-refractivity contribution in [3.05, 3.63) is 58.3 Å². The Hall–Kier alpha value is -1.89. The Morgan fingerprint density at radius 2 is 2.00 bits per heavy atom. The lowest BCUT2D eigenvalue weighted by atomic mass is 10.1. The van der Waals surface area contributed by atoms with Crippen LogP contribution >= 0.6 is 11.3 Å². The van der Waals surface area contributed by atoms with Crippen molar-refractivity contribution in [1.29, 1.82) is 0 Å². The first-order chi connectivity index (χ1) is 11.8. The maximum atomic E-state index is 11.9. The summed E-state index contributed by atoms with van der Waals surface area (Å²) in [6, 6.07) is 13.9. The van der Waals surface area contributed by atoms with Crippen molar-refractivity contribution in [2.24, 2.45) is 0 Å².